The van der Waals surface area contributed by atoms with Crippen LogP contribution >= 0.6 is 0 Å². The van der Waals surface area contributed by atoms with E-state index in [1.165, 1.54) is 36.7 Å². The molecule has 2 fully saturated rings. The van der Waals surface area contributed by atoms with Crippen molar-refractivity contribution in [3.63, 3.8) is 0 Å². The summed E-state index contributed by atoms with van der Waals surface area (Å²) in [6, 6.07) is 20.8. The Morgan fingerprint density at radius 1 is 0.958 bits per heavy atom. The number of hydrogen-bond donors (Lipinski definition) is 6. The van der Waals surface area contributed by atoms with Gasteiger partial charge in [0.2, 0.25) is 5.95 Å². The Labute approximate surface area is 277 Å². The van der Waals surface area contributed by atoms with Gasteiger partial charge in [0.15, 0.2) is 29.0 Å². The number of aliphatic hydroxyl groups excluding tert-OH is 2. The lowest BCUT2D eigenvalue weighted by Crippen LogP contribution is -2.34. The van der Waals surface area contributed by atoms with Gasteiger partial charge < -0.3 is 40.6 Å². The summed E-state index contributed by atoms with van der Waals surface area (Å²) >= 11 is 0. The Morgan fingerprint density at radius 3 is 2.29 bits per heavy atom. The standard InChI is InChI=1S/C32H38N10O3.CH2O2/c43-25-26(44)31(45-27(25)29-35-19-37-40-29)42-20-36-24-28(38-32(39-30(24)42)33-14-17-41-15-8-3-9-16-41)34-18-23(21-10-4-1-5-11-21)22-12-6-2-7-13-22;2-1-3/h1-2,4-7,10-13,19-20,23,25-27,31,43-44H,3,8-9,14-18H2,(H,35,37,40)(H2,33,34,38,39);1H,(H,2,3)/t25-,26+,27-,31+;/m0./s1. The van der Waals surface area contributed by atoms with E-state index in [4.69, 9.17) is 24.6 Å². The van der Waals surface area contributed by atoms with Crippen molar-refractivity contribution < 1.29 is 24.9 Å². The fourth-order valence-electron chi connectivity index (χ4n) is 6.28. The minimum absolute atomic E-state index is 0.0628. The van der Waals surface area contributed by atoms with Crippen molar-refractivity contribution >= 4 is 29.4 Å². The molecule has 2 saturated heterocycles. The highest BCUT2D eigenvalue weighted by Crippen LogP contribution is 2.39. The molecule has 0 aliphatic carbocycles. The number of carboxylic acid groups (broad SMARTS) is 1. The molecule has 7 rings (SSSR count). The third-order valence-corrected chi connectivity index (χ3v) is 8.68. The second-order valence-electron chi connectivity index (χ2n) is 11.7. The molecule has 0 amide bonds. The number of rotatable bonds is 11. The number of carbonyl (C=O) groups is 1. The number of nitrogens with one attached hydrogen (secondary N) is 3. The van der Waals surface area contributed by atoms with E-state index < -0.39 is 24.5 Å². The lowest BCUT2D eigenvalue weighted by atomic mass is 9.91. The van der Waals surface area contributed by atoms with Crippen LogP contribution < -0.4 is 10.6 Å². The van der Waals surface area contributed by atoms with Crippen LogP contribution in [0.1, 0.15) is 54.5 Å². The first-order valence-electron chi connectivity index (χ1n) is 16.1. The van der Waals surface area contributed by atoms with Crippen LogP contribution in [0.2, 0.25) is 0 Å². The Bertz CT molecular complexity index is 1680. The van der Waals surface area contributed by atoms with Gasteiger partial charge in [0.25, 0.3) is 6.47 Å². The van der Waals surface area contributed by atoms with Gasteiger partial charge in [0.1, 0.15) is 24.6 Å². The van der Waals surface area contributed by atoms with E-state index in [0.717, 1.165) is 19.6 Å². The summed E-state index contributed by atoms with van der Waals surface area (Å²) in [6.45, 7) is 4.10. The van der Waals surface area contributed by atoms with Crippen LogP contribution in [-0.2, 0) is 9.53 Å². The molecule has 2 aliphatic heterocycles. The average Bonchev–Trinajstić information content (AvgIpc) is 3.87. The van der Waals surface area contributed by atoms with Gasteiger partial charge in [0, 0.05) is 25.6 Å². The normalized spacial score (nSPS) is 21.1. The number of fused-ring (bicyclic) bond motifs is 1. The molecule has 0 spiro atoms. The van der Waals surface area contributed by atoms with Gasteiger partial charge in [0.05, 0.1) is 6.33 Å². The fourth-order valence-corrected chi connectivity index (χ4v) is 6.28. The fraction of sp³-hybridized carbons (Fsp3) is 0.394. The zero-order valence-corrected chi connectivity index (χ0v) is 26.3. The van der Waals surface area contributed by atoms with E-state index in [-0.39, 0.29) is 12.4 Å². The maximum atomic E-state index is 11.0. The number of aromatic amines is 1. The second kappa shape index (κ2) is 15.8. The van der Waals surface area contributed by atoms with Gasteiger partial charge in [-0.1, -0.05) is 67.1 Å². The minimum Gasteiger partial charge on any atom is -0.483 e. The number of piperidine rings is 1. The minimum atomic E-state index is -1.25. The van der Waals surface area contributed by atoms with Crippen molar-refractivity contribution in [1.29, 1.82) is 0 Å². The van der Waals surface area contributed by atoms with Crippen molar-refractivity contribution in [2.24, 2.45) is 0 Å². The van der Waals surface area contributed by atoms with Crippen LogP contribution in [0.5, 0.6) is 0 Å². The first-order chi connectivity index (χ1) is 23.6. The van der Waals surface area contributed by atoms with E-state index in [2.05, 4.69) is 60.0 Å². The highest BCUT2D eigenvalue weighted by atomic mass is 16.6. The summed E-state index contributed by atoms with van der Waals surface area (Å²) in [6.07, 6.45) is 2.40. The maximum absolute atomic E-state index is 11.0. The zero-order valence-electron chi connectivity index (χ0n) is 26.3. The van der Waals surface area contributed by atoms with E-state index in [0.29, 0.717) is 41.8 Å². The topological polar surface area (TPSA) is 199 Å². The van der Waals surface area contributed by atoms with E-state index >= 15 is 0 Å². The van der Waals surface area contributed by atoms with Crippen molar-refractivity contribution in [3.8, 4) is 0 Å². The number of anilines is 2. The molecule has 15 heteroatoms. The molecule has 48 heavy (non-hydrogen) atoms. The van der Waals surface area contributed by atoms with E-state index in [1.54, 1.807) is 10.9 Å². The molecule has 0 saturated carbocycles. The highest BCUT2D eigenvalue weighted by Gasteiger charge is 2.46. The second-order valence-corrected chi connectivity index (χ2v) is 11.7. The van der Waals surface area contributed by atoms with E-state index in [1.807, 2.05) is 36.4 Å². The molecule has 6 N–H and O–H groups in total. The summed E-state index contributed by atoms with van der Waals surface area (Å²) in [5, 5.41) is 43.5. The molecule has 4 atom stereocenters. The number of ether oxygens (including phenoxy) is 1. The van der Waals surface area contributed by atoms with Gasteiger partial charge in [-0.3, -0.25) is 9.36 Å². The average molecular weight is 657 g/mol. The quantitative estimate of drug-likeness (QED) is 0.114. The van der Waals surface area contributed by atoms with Crippen LogP contribution in [0.15, 0.2) is 73.3 Å². The van der Waals surface area contributed by atoms with Crippen LogP contribution in [-0.4, -0.2) is 106 Å². The van der Waals surface area contributed by atoms with Gasteiger partial charge in [-0.2, -0.15) is 9.97 Å². The third kappa shape index (κ3) is 7.44. The molecule has 0 unspecified atom stereocenters. The summed E-state index contributed by atoms with van der Waals surface area (Å²) < 4.78 is 7.77. The predicted octanol–water partition coefficient (Wildman–Crippen LogP) is 2.78. The van der Waals surface area contributed by atoms with Crippen molar-refractivity contribution in [2.45, 2.75) is 49.7 Å². The molecule has 2 aliphatic rings. The number of aromatic nitrogens is 7. The molecule has 5 heterocycles. The zero-order chi connectivity index (χ0) is 33.3. The van der Waals surface area contributed by atoms with Crippen LogP contribution in [0.3, 0.4) is 0 Å². The summed E-state index contributed by atoms with van der Waals surface area (Å²) in [5.74, 6) is 1.40. The number of benzene rings is 2. The lowest BCUT2D eigenvalue weighted by Gasteiger charge is -2.26. The summed E-state index contributed by atoms with van der Waals surface area (Å²) in [7, 11) is 0. The molecule has 2 aromatic carbocycles. The van der Waals surface area contributed by atoms with Gasteiger partial charge in [-0.05, 0) is 37.1 Å². The number of nitrogens with zero attached hydrogens (tertiary/aromatic N) is 7. The molecule has 0 bridgehead atoms. The monoisotopic (exact) mass is 656 g/mol. The smallest absolute Gasteiger partial charge is 0.290 e. The predicted molar refractivity (Wildman–Crippen MR) is 177 cm³/mol. The SMILES string of the molecule is O=CO.O[C@@H]1[C@H](O)[C@@H](c2nnc[nH]2)O[C@H]1n1cnc2c(NCC(c3ccccc3)c3ccccc3)nc(NCCN3CCCCC3)nc21. The summed E-state index contributed by atoms with van der Waals surface area (Å²) in [5.41, 5.74) is 3.37. The lowest BCUT2D eigenvalue weighted by molar-refractivity contribution is -0.122. The van der Waals surface area contributed by atoms with Gasteiger partial charge in [-0.15, -0.1) is 10.2 Å². The molecule has 0 radical (unpaired) electrons. The molecule has 15 nitrogen and oxygen atoms in total. The Hall–Kier alpha value is -4.96. The Morgan fingerprint density at radius 2 is 1.65 bits per heavy atom. The first kappa shape index (κ1) is 33.0. The largest absolute Gasteiger partial charge is 0.483 e. The van der Waals surface area contributed by atoms with Crippen LogP contribution in [0, 0.1) is 0 Å². The van der Waals surface area contributed by atoms with Crippen LogP contribution in [0.25, 0.3) is 11.2 Å². The number of imidazole rings is 1. The number of aliphatic hydroxyl groups is 2. The Balaban J connectivity index is 0.00000129. The van der Waals surface area contributed by atoms with Crippen LogP contribution in [0.4, 0.5) is 11.8 Å². The van der Waals surface area contributed by atoms with E-state index in [9.17, 15) is 10.2 Å². The number of H-pyrrole nitrogens is 1. The molecule has 5 aromatic rings. The van der Waals surface area contributed by atoms with Crippen molar-refractivity contribution in [3.05, 3.63) is 90.3 Å². The molecular formula is C33H40N10O5. The van der Waals surface area contributed by atoms with Crippen molar-refractivity contribution in [1.82, 2.24) is 39.6 Å². The Kier molecular flexibility index (Phi) is 10.8. The molecule has 3 aromatic heterocycles. The number of hydrogen-bond acceptors (Lipinski definition) is 12. The van der Waals surface area contributed by atoms with Crippen molar-refractivity contribution in [2.75, 3.05) is 43.4 Å². The molecular weight excluding hydrogens is 616 g/mol. The molecule has 252 valence electrons. The van der Waals surface area contributed by atoms with Gasteiger partial charge in [-0.25, -0.2) is 4.98 Å². The third-order valence-electron chi connectivity index (χ3n) is 8.68. The van der Waals surface area contributed by atoms with Gasteiger partial charge >= 0.3 is 0 Å². The first-order valence-corrected chi connectivity index (χ1v) is 16.1. The summed E-state index contributed by atoms with van der Waals surface area (Å²) in [4.78, 5) is 28.0. The highest BCUT2D eigenvalue weighted by molar-refractivity contribution is 5.84. The maximum Gasteiger partial charge on any atom is 0.290 e. The number of likely N-dealkylation sites (tertiary alicyclic amines) is 1.